The Morgan fingerprint density at radius 3 is 2.90 bits per heavy atom. The monoisotopic (exact) mass is 138 g/mol. The first-order valence-corrected chi connectivity index (χ1v) is 3.50. The predicted octanol–water partition coefficient (Wildman–Crippen LogP) is 0.721. The highest BCUT2D eigenvalue weighted by molar-refractivity contribution is 5.26. The molecular formula is C8H14N2. The van der Waals surface area contributed by atoms with Crippen LogP contribution in [-0.4, -0.2) is 25.0 Å². The molecule has 0 amide bonds. The van der Waals surface area contributed by atoms with Gasteiger partial charge >= 0.3 is 0 Å². The van der Waals surface area contributed by atoms with E-state index < -0.39 is 0 Å². The SMILES string of the molecule is CC1=CN(C)CC(CN)=C1. The molecule has 0 fully saturated rings. The molecule has 0 aromatic heterocycles. The van der Waals surface area contributed by atoms with E-state index in [1.165, 1.54) is 11.1 Å². The van der Waals surface area contributed by atoms with Crippen molar-refractivity contribution in [1.82, 2.24) is 4.90 Å². The zero-order chi connectivity index (χ0) is 7.56. The van der Waals surface area contributed by atoms with E-state index in [2.05, 4.69) is 31.1 Å². The van der Waals surface area contributed by atoms with Gasteiger partial charge in [0.05, 0.1) is 0 Å². The molecule has 1 aliphatic heterocycles. The van der Waals surface area contributed by atoms with Crippen molar-refractivity contribution in [1.29, 1.82) is 0 Å². The van der Waals surface area contributed by atoms with Gasteiger partial charge in [0.1, 0.15) is 0 Å². The molecule has 56 valence electrons. The number of nitrogens with two attached hydrogens (primary N) is 1. The van der Waals surface area contributed by atoms with E-state index in [1.54, 1.807) is 0 Å². The van der Waals surface area contributed by atoms with Crippen molar-refractivity contribution in [2.24, 2.45) is 5.73 Å². The molecular weight excluding hydrogens is 124 g/mol. The molecule has 1 heterocycles. The van der Waals surface area contributed by atoms with Crippen LogP contribution >= 0.6 is 0 Å². The maximum atomic E-state index is 5.51. The van der Waals surface area contributed by atoms with Gasteiger partial charge in [0.15, 0.2) is 0 Å². The lowest BCUT2D eigenvalue weighted by Crippen LogP contribution is -2.22. The Hall–Kier alpha value is -0.760. The summed E-state index contributed by atoms with van der Waals surface area (Å²) in [6, 6.07) is 0. The molecule has 2 nitrogen and oxygen atoms in total. The van der Waals surface area contributed by atoms with Crippen LogP contribution in [0.3, 0.4) is 0 Å². The minimum atomic E-state index is 0.676. The Morgan fingerprint density at radius 1 is 1.70 bits per heavy atom. The lowest BCUT2D eigenvalue weighted by Gasteiger charge is -2.20. The fourth-order valence-electron chi connectivity index (χ4n) is 1.24. The van der Waals surface area contributed by atoms with E-state index in [-0.39, 0.29) is 0 Å². The van der Waals surface area contributed by atoms with Crippen LogP contribution in [0.2, 0.25) is 0 Å². The third-order valence-electron chi connectivity index (χ3n) is 1.57. The van der Waals surface area contributed by atoms with Crippen LogP contribution in [0.5, 0.6) is 0 Å². The highest BCUT2D eigenvalue weighted by atomic mass is 15.1. The summed E-state index contributed by atoms with van der Waals surface area (Å²) in [7, 11) is 2.06. The topological polar surface area (TPSA) is 29.3 Å². The number of allylic oxidation sites excluding steroid dienone is 2. The summed E-state index contributed by atoms with van der Waals surface area (Å²) in [5.41, 5.74) is 8.10. The average Bonchev–Trinajstić information content (AvgIpc) is 1.85. The minimum Gasteiger partial charge on any atom is -0.376 e. The third-order valence-corrected chi connectivity index (χ3v) is 1.57. The van der Waals surface area contributed by atoms with E-state index in [0.29, 0.717) is 6.54 Å². The summed E-state index contributed by atoms with van der Waals surface area (Å²) in [6.07, 6.45) is 4.28. The molecule has 0 radical (unpaired) electrons. The fraction of sp³-hybridized carbons (Fsp3) is 0.500. The van der Waals surface area contributed by atoms with Gasteiger partial charge in [0.2, 0.25) is 0 Å². The number of hydrogen-bond acceptors (Lipinski definition) is 2. The van der Waals surface area contributed by atoms with E-state index >= 15 is 0 Å². The second kappa shape index (κ2) is 2.88. The van der Waals surface area contributed by atoms with E-state index in [9.17, 15) is 0 Å². The van der Waals surface area contributed by atoms with Crippen molar-refractivity contribution in [3.8, 4) is 0 Å². The summed E-state index contributed by atoms with van der Waals surface area (Å²) >= 11 is 0. The van der Waals surface area contributed by atoms with E-state index in [1.807, 2.05) is 0 Å². The quantitative estimate of drug-likeness (QED) is 0.578. The van der Waals surface area contributed by atoms with Crippen molar-refractivity contribution >= 4 is 0 Å². The number of rotatable bonds is 1. The van der Waals surface area contributed by atoms with E-state index in [0.717, 1.165) is 6.54 Å². The predicted molar refractivity (Wildman–Crippen MR) is 43.5 cm³/mol. The first-order chi connectivity index (χ1) is 4.72. The Labute approximate surface area is 62.0 Å². The van der Waals surface area contributed by atoms with Gasteiger partial charge in [0, 0.05) is 26.3 Å². The molecule has 0 atom stereocenters. The Balaban J connectivity index is 2.70. The molecule has 0 saturated heterocycles. The maximum absolute atomic E-state index is 5.51. The minimum absolute atomic E-state index is 0.676. The van der Waals surface area contributed by atoms with Crippen molar-refractivity contribution in [3.63, 3.8) is 0 Å². The summed E-state index contributed by atoms with van der Waals surface area (Å²) in [5, 5.41) is 0. The zero-order valence-electron chi connectivity index (χ0n) is 6.59. The van der Waals surface area contributed by atoms with Gasteiger partial charge in [-0.3, -0.25) is 0 Å². The Kier molecular flexibility index (Phi) is 2.12. The van der Waals surface area contributed by atoms with Crippen LogP contribution in [0.25, 0.3) is 0 Å². The molecule has 1 rings (SSSR count). The molecule has 0 aromatic carbocycles. The average molecular weight is 138 g/mol. The first-order valence-electron chi connectivity index (χ1n) is 3.50. The summed E-state index contributed by atoms with van der Waals surface area (Å²) in [6.45, 7) is 3.74. The summed E-state index contributed by atoms with van der Waals surface area (Å²) in [4.78, 5) is 2.15. The normalized spacial score (nSPS) is 18.5. The highest BCUT2D eigenvalue weighted by Crippen LogP contribution is 2.09. The zero-order valence-corrected chi connectivity index (χ0v) is 6.59. The fourth-order valence-corrected chi connectivity index (χ4v) is 1.24. The molecule has 2 N–H and O–H groups in total. The van der Waals surface area contributed by atoms with Crippen LogP contribution in [-0.2, 0) is 0 Å². The van der Waals surface area contributed by atoms with Crippen molar-refractivity contribution in [2.75, 3.05) is 20.1 Å². The lowest BCUT2D eigenvalue weighted by molar-refractivity contribution is 0.483. The van der Waals surface area contributed by atoms with Gasteiger partial charge in [-0.05, 0) is 18.1 Å². The van der Waals surface area contributed by atoms with Gasteiger partial charge in [-0.2, -0.15) is 0 Å². The largest absolute Gasteiger partial charge is 0.376 e. The van der Waals surface area contributed by atoms with Crippen LogP contribution in [0.4, 0.5) is 0 Å². The maximum Gasteiger partial charge on any atom is 0.0395 e. The Morgan fingerprint density at radius 2 is 2.40 bits per heavy atom. The second-order valence-corrected chi connectivity index (χ2v) is 2.79. The first kappa shape index (κ1) is 7.35. The molecule has 0 unspecified atom stereocenters. The summed E-state index contributed by atoms with van der Waals surface area (Å²) in [5.74, 6) is 0. The Bertz CT molecular complexity index is 180. The highest BCUT2D eigenvalue weighted by Gasteiger charge is 2.03. The van der Waals surface area contributed by atoms with Gasteiger partial charge in [-0.15, -0.1) is 0 Å². The van der Waals surface area contributed by atoms with Crippen LogP contribution in [0, 0.1) is 0 Å². The van der Waals surface area contributed by atoms with Crippen molar-refractivity contribution in [3.05, 3.63) is 23.4 Å². The van der Waals surface area contributed by atoms with Gasteiger partial charge in [0.25, 0.3) is 0 Å². The van der Waals surface area contributed by atoms with E-state index in [4.69, 9.17) is 5.73 Å². The molecule has 1 aliphatic rings. The molecule has 2 heteroatoms. The molecule has 0 bridgehead atoms. The molecule has 0 saturated carbocycles. The van der Waals surface area contributed by atoms with Crippen LogP contribution in [0.1, 0.15) is 6.92 Å². The standard InChI is InChI=1S/C8H14N2/c1-7-3-8(4-9)6-10(2)5-7/h3,5H,4,6,9H2,1-2H3. The number of nitrogens with zero attached hydrogens (tertiary/aromatic N) is 1. The molecule has 0 aliphatic carbocycles. The van der Waals surface area contributed by atoms with Crippen LogP contribution in [0.15, 0.2) is 23.4 Å². The molecule has 0 aromatic rings. The van der Waals surface area contributed by atoms with Gasteiger partial charge in [-0.25, -0.2) is 0 Å². The summed E-state index contributed by atoms with van der Waals surface area (Å²) < 4.78 is 0. The van der Waals surface area contributed by atoms with Crippen molar-refractivity contribution in [2.45, 2.75) is 6.92 Å². The van der Waals surface area contributed by atoms with Crippen LogP contribution < -0.4 is 5.73 Å². The number of likely N-dealkylation sites (N-methyl/N-ethyl adjacent to an activating group) is 1. The van der Waals surface area contributed by atoms with Gasteiger partial charge in [-0.1, -0.05) is 6.08 Å². The second-order valence-electron chi connectivity index (χ2n) is 2.79. The molecule has 0 spiro atoms. The van der Waals surface area contributed by atoms with Gasteiger partial charge < -0.3 is 10.6 Å². The number of hydrogen-bond donors (Lipinski definition) is 1. The van der Waals surface area contributed by atoms with Crippen molar-refractivity contribution < 1.29 is 0 Å². The lowest BCUT2D eigenvalue weighted by atomic mass is 10.1. The third kappa shape index (κ3) is 1.61. The smallest absolute Gasteiger partial charge is 0.0395 e. The molecule has 10 heavy (non-hydrogen) atoms.